The molecule has 4 nitrogen and oxygen atoms in total. The third-order valence-electron chi connectivity index (χ3n) is 2.03. The molecule has 0 amide bonds. The third-order valence-corrected chi connectivity index (χ3v) is 2.03. The van der Waals surface area contributed by atoms with Crippen molar-refractivity contribution in [2.75, 3.05) is 6.54 Å². The van der Waals surface area contributed by atoms with E-state index in [4.69, 9.17) is 4.42 Å². The SMILES string of the molecule is CCCCCc1nnc(CNCC)o1. The number of hydrogen-bond donors (Lipinski definition) is 1. The summed E-state index contributed by atoms with van der Waals surface area (Å²) >= 11 is 0. The molecule has 1 aromatic rings. The number of nitrogens with one attached hydrogen (secondary N) is 1. The van der Waals surface area contributed by atoms with Gasteiger partial charge in [0.15, 0.2) is 0 Å². The average Bonchev–Trinajstić information content (AvgIpc) is 2.63. The normalized spacial score (nSPS) is 10.7. The number of aromatic nitrogens is 2. The van der Waals surface area contributed by atoms with Crippen molar-refractivity contribution in [3.63, 3.8) is 0 Å². The van der Waals surface area contributed by atoms with Gasteiger partial charge in [0, 0.05) is 6.42 Å². The van der Waals surface area contributed by atoms with Gasteiger partial charge in [0.05, 0.1) is 6.54 Å². The second kappa shape index (κ2) is 6.54. The van der Waals surface area contributed by atoms with Crippen LogP contribution in [0.25, 0.3) is 0 Å². The lowest BCUT2D eigenvalue weighted by Gasteiger charge is -1.94. The van der Waals surface area contributed by atoms with Crippen molar-refractivity contribution in [1.29, 1.82) is 0 Å². The minimum Gasteiger partial charge on any atom is -0.424 e. The maximum absolute atomic E-state index is 5.45. The van der Waals surface area contributed by atoms with Crippen LogP contribution in [-0.2, 0) is 13.0 Å². The van der Waals surface area contributed by atoms with Crippen LogP contribution in [0.1, 0.15) is 44.9 Å². The second-order valence-electron chi connectivity index (χ2n) is 3.33. The van der Waals surface area contributed by atoms with Crippen LogP contribution >= 0.6 is 0 Å². The smallest absolute Gasteiger partial charge is 0.230 e. The van der Waals surface area contributed by atoms with E-state index in [1.54, 1.807) is 0 Å². The molecule has 0 unspecified atom stereocenters. The highest BCUT2D eigenvalue weighted by molar-refractivity contribution is 4.81. The lowest BCUT2D eigenvalue weighted by molar-refractivity contribution is 0.428. The summed E-state index contributed by atoms with van der Waals surface area (Å²) in [5, 5.41) is 11.1. The minimum absolute atomic E-state index is 0.678. The van der Waals surface area contributed by atoms with Gasteiger partial charge in [-0.05, 0) is 13.0 Å². The summed E-state index contributed by atoms with van der Waals surface area (Å²) in [4.78, 5) is 0. The summed E-state index contributed by atoms with van der Waals surface area (Å²) in [6, 6.07) is 0. The molecule has 4 heteroatoms. The Balaban J connectivity index is 2.27. The zero-order valence-corrected chi connectivity index (χ0v) is 9.05. The Morgan fingerprint density at radius 2 is 1.93 bits per heavy atom. The Kier molecular flexibility index (Phi) is 5.22. The molecule has 0 saturated carbocycles. The van der Waals surface area contributed by atoms with Crippen molar-refractivity contribution in [2.24, 2.45) is 0 Å². The quantitative estimate of drug-likeness (QED) is 0.678. The molecular weight excluding hydrogens is 178 g/mol. The Bertz CT molecular complexity index is 247. The van der Waals surface area contributed by atoms with Crippen LogP contribution < -0.4 is 5.32 Å². The number of aryl methyl sites for hydroxylation is 1. The van der Waals surface area contributed by atoms with Crippen LogP contribution in [-0.4, -0.2) is 16.7 Å². The molecule has 0 radical (unpaired) electrons. The molecule has 1 aromatic heterocycles. The largest absolute Gasteiger partial charge is 0.424 e. The molecule has 0 bridgehead atoms. The van der Waals surface area contributed by atoms with Gasteiger partial charge in [-0.15, -0.1) is 10.2 Å². The third kappa shape index (κ3) is 3.87. The number of unbranched alkanes of at least 4 members (excludes halogenated alkanes) is 2. The van der Waals surface area contributed by atoms with Crippen molar-refractivity contribution >= 4 is 0 Å². The first-order valence-electron chi connectivity index (χ1n) is 5.38. The summed E-state index contributed by atoms with van der Waals surface area (Å²) in [6.07, 6.45) is 4.50. The number of rotatable bonds is 7. The maximum Gasteiger partial charge on any atom is 0.230 e. The van der Waals surface area contributed by atoms with Gasteiger partial charge in [0.25, 0.3) is 0 Å². The van der Waals surface area contributed by atoms with Gasteiger partial charge < -0.3 is 9.73 Å². The molecule has 80 valence electrons. The lowest BCUT2D eigenvalue weighted by Crippen LogP contribution is -2.11. The minimum atomic E-state index is 0.678. The zero-order valence-electron chi connectivity index (χ0n) is 9.05. The van der Waals surface area contributed by atoms with Gasteiger partial charge in [-0.3, -0.25) is 0 Å². The van der Waals surface area contributed by atoms with Gasteiger partial charge in [-0.1, -0.05) is 26.7 Å². The first kappa shape index (κ1) is 11.2. The van der Waals surface area contributed by atoms with Crippen LogP contribution in [0.2, 0.25) is 0 Å². The van der Waals surface area contributed by atoms with E-state index in [0.717, 1.165) is 25.3 Å². The predicted octanol–water partition coefficient (Wildman–Crippen LogP) is 1.91. The van der Waals surface area contributed by atoms with Crippen LogP contribution in [0.3, 0.4) is 0 Å². The molecule has 0 aliphatic heterocycles. The monoisotopic (exact) mass is 197 g/mol. The zero-order chi connectivity index (χ0) is 10.2. The first-order valence-corrected chi connectivity index (χ1v) is 5.38. The summed E-state index contributed by atoms with van der Waals surface area (Å²) in [6.45, 7) is 5.84. The van der Waals surface area contributed by atoms with E-state index in [1.165, 1.54) is 12.8 Å². The Hall–Kier alpha value is -0.900. The Morgan fingerprint density at radius 3 is 2.64 bits per heavy atom. The second-order valence-corrected chi connectivity index (χ2v) is 3.33. The molecule has 1 heterocycles. The van der Waals surface area contributed by atoms with E-state index in [9.17, 15) is 0 Å². The van der Waals surface area contributed by atoms with Gasteiger partial charge in [-0.2, -0.15) is 0 Å². The molecule has 14 heavy (non-hydrogen) atoms. The fourth-order valence-electron chi connectivity index (χ4n) is 1.22. The molecule has 0 fully saturated rings. The fourth-order valence-corrected chi connectivity index (χ4v) is 1.22. The standard InChI is InChI=1S/C10H19N3O/c1-3-5-6-7-9-12-13-10(14-9)8-11-4-2/h11H,3-8H2,1-2H3. The topological polar surface area (TPSA) is 51.0 Å². The highest BCUT2D eigenvalue weighted by atomic mass is 16.4. The van der Waals surface area contributed by atoms with E-state index >= 15 is 0 Å². The fraction of sp³-hybridized carbons (Fsp3) is 0.800. The van der Waals surface area contributed by atoms with Crippen molar-refractivity contribution in [2.45, 2.75) is 46.1 Å². The van der Waals surface area contributed by atoms with E-state index in [0.29, 0.717) is 12.4 Å². The predicted molar refractivity (Wildman–Crippen MR) is 54.9 cm³/mol. The highest BCUT2D eigenvalue weighted by Crippen LogP contribution is 2.05. The Morgan fingerprint density at radius 1 is 1.14 bits per heavy atom. The summed E-state index contributed by atoms with van der Waals surface area (Å²) < 4.78 is 5.45. The molecule has 0 aliphatic carbocycles. The van der Waals surface area contributed by atoms with E-state index in [2.05, 4.69) is 29.4 Å². The van der Waals surface area contributed by atoms with Crippen LogP contribution in [0, 0.1) is 0 Å². The summed E-state index contributed by atoms with van der Waals surface area (Å²) in [5.74, 6) is 1.46. The molecule has 1 N–H and O–H groups in total. The van der Waals surface area contributed by atoms with Crippen molar-refractivity contribution < 1.29 is 4.42 Å². The van der Waals surface area contributed by atoms with Crippen LogP contribution in [0.5, 0.6) is 0 Å². The number of hydrogen-bond acceptors (Lipinski definition) is 4. The highest BCUT2D eigenvalue weighted by Gasteiger charge is 2.04. The number of nitrogens with zero attached hydrogens (tertiary/aromatic N) is 2. The van der Waals surface area contributed by atoms with Gasteiger partial charge in [0.2, 0.25) is 11.8 Å². The van der Waals surface area contributed by atoms with Crippen LogP contribution in [0.4, 0.5) is 0 Å². The summed E-state index contributed by atoms with van der Waals surface area (Å²) in [5.41, 5.74) is 0. The van der Waals surface area contributed by atoms with Crippen molar-refractivity contribution in [1.82, 2.24) is 15.5 Å². The molecule has 0 atom stereocenters. The van der Waals surface area contributed by atoms with Gasteiger partial charge in [0.1, 0.15) is 0 Å². The lowest BCUT2D eigenvalue weighted by atomic mass is 10.2. The van der Waals surface area contributed by atoms with Crippen molar-refractivity contribution in [3.8, 4) is 0 Å². The Labute approximate surface area is 85.1 Å². The van der Waals surface area contributed by atoms with E-state index in [-0.39, 0.29) is 0 Å². The molecule has 1 rings (SSSR count). The van der Waals surface area contributed by atoms with Gasteiger partial charge in [-0.25, -0.2) is 0 Å². The molecule has 0 spiro atoms. The summed E-state index contributed by atoms with van der Waals surface area (Å²) in [7, 11) is 0. The van der Waals surface area contributed by atoms with E-state index in [1.807, 2.05) is 0 Å². The molecule has 0 aromatic carbocycles. The van der Waals surface area contributed by atoms with Crippen molar-refractivity contribution in [3.05, 3.63) is 11.8 Å². The molecule has 0 aliphatic rings. The van der Waals surface area contributed by atoms with E-state index < -0.39 is 0 Å². The maximum atomic E-state index is 5.45. The average molecular weight is 197 g/mol. The molecular formula is C10H19N3O. The molecule has 0 saturated heterocycles. The van der Waals surface area contributed by atoms with Crippen LogP contribution in [0.15, 0.2) is 4.42 Å². The first-order chi connectivity index (χ1) is 6.86. The van der Waals surface area contributed by atoms with Gasteiger partial charge >= 0.3 is 0 Å².